The minimum Gasteiger partial charge on any atom is -0.332 e. The van der Waals surface area contributed by atoms with Crippen molar-refractivity contribution in [1.29, 1.82) is 0 Å². The number of rotatable bonds is 6. The van der Waals surface area contributed by atoms with Crippen LogP contribution in [0.5, 0.6) is 0 Å². The van der Waals surface area contributed by atoms with E-state index in [1.807, 2.05) is 25.3 Å². The second-order valence-corrected chi connectivity index (χ2v) is 8.33. The van der Waals surface area contributed by atoms with E-state index in [2.05, 4.69) is 15.0 Å². The van der Waals surface area contributed by atoms with E-state index in [9.17, 15) is 14.0 Å². The Bertz CT molecular complexity index is 1300. The van der Waals surface area contributed by atoms with Crippen molar-refractivity contribution in [1.82, 2.24) is 19.9 Å². The number of hydrogen-bond donors (Lipinski definition) is 1. The Hall–Kier alpha value is -3.39. The Morgan fingerprint density at radius 2 is 1.97 bits per heavy atom. The van der Waals surface area contributed by atoms with Crippen molar-refractivity contribution in [2.45, 2.75) is 32.9 Å². The zero-order valence-electron chi connectivity index (χ0n) is 17.1. The van der Waals surface area contributed by atoms with Crippen molar-refractivity contribution in [3.63, 3.8) is 0 Å². The predicted octanol–water partition coefficient (Wildman–Crippen LogP) is 4.17. The van der Waals surface area contributed by atoms with Crippen LogP contribution in [0, 0.1) is 5.82 Å². The molecule has 2 aromatic heterocycles. The predicted molar refractivity (Wildman–Crippen MR) is 119 cm³/mol. The average Bonchev–Trinajstić information content (AvgIpc) is 3.20. The molecular weight excluding hydrogens is 415 g/mol. The van der Waals surface area contributed by atoms with Crippen LogP contribution in [0.2, 0.25) is 0 Å². The Kier molecular flexibility index (Phi) is 5.90. The van der Waals surface area contributed by atoms with Gasteiger partial charge in [0.15, 0.2) is 0 Å². The summed E-state index contributed by atoms with van der Waals surface area (Å²) in [6.07, 6.45) is 0.113. The first-order valence-electron chi connectivity index (χ1n) is 9.88. The Morgan fingerprint density at radius 3 is 2.74 bits per heavy atom. The molecular formula is C23H21FN4O2S. The molecule has 0 radical (unpaired) electrons. The van der Waals surface area contributed by atoms with Crippen LogP contribution >= 0.6 is 11.3 Å². The maximum absolute atomic E-state index is 13.5. The van der Waals surface area contributed by atoms with E-state index in [0.29, 0.717) is 33.0 Å². The lowest BCUT2D eigenvalue weighted by Crippen LogP contribution is -2.38. The van der Waals surface area contributed by atoms with Gasteiger partial charge in [0.1, 0.15) is 16.6 Å². The fraction of sp³-hybridized carbons (Fsp3) is 0.217. The van der Waals surface area contributed by atoms with Gasteiger partial charge >= 0.3 is 0 Å². The van der Waals surface area contributed by atoms with Crippen LogP contribution in [-0.4, -0.2) is 31.8 Å². The van der Waals surface area contributed by atoms with Gasteiger partial charge in [-0.3, -0.25) is 9.59 Å². The van der Waals surface area contributed by atoms with Gasteiger partial charge in [0.2, 0.25) is 5.91 Å². The highest BCUT2D eigenvalue weighted by Gasteiger charge is 2.20. The summed E-state index contributed by atoms with van der Waals surface area (Å²) in [6, 6.07) is 13.2. The van der Waals surface area contributed by atoms with Gasteiger partial charge in [-0.2, -0.15) is 0 Å². The highest BCUT2D eigenvalue weighted by Crippen LogP contribution is 2.25. The van der Waals surface area contributed by atoms with Crippen molar-refractivity contribution < 1.29 is 9.18 Å². The van der Waals surface area contributed by atoms with Gasteiger partial charge < -0.3 is 9.88 Å². The van der Waals surface area contributed by atoms with E-state index < -0.39 is 0 Å². The second-order valence-electron chi connectivity index (χ2n) is 7.48. The molecule has 6 nitrogen and oxygen atoms in total. The highest BCUT2D eigenvalue weighted by atomic mass is 32.1. The highest BCUT2D eigenvalue weighted by molar-refractivity contribution is 7.13. The van der Waals surface area contributed by atoms with Crippen LogP contribution in [0.25, 0.3) is 21.5 Å². The van der Waals surface area contributed by atoms with Crippen molar-refractivity contribution in [3.05, 3.63) is 81.6 Å². The van der Waals surface area contributed by atoms with Crippen LogP contribution in [0.4, 0.5) is 4.39 Å². The molecule has 4 rings (SSSR count). The van der Waals surface area contributed by atoms with Crippen LogP contribution < -0.4 is 5.56 Å². The number of amides is 1. The molecule has 0 unspecified atom stereocenters. The summed E-state index contributed by atoms with van der Waals surface area (Å²) in [4.78, 5) is 38.8. The van der Waals surface area contributed by atoms with E-state index in [0.717, 1.165) is 0 Å². The maximum Gasteiger partial charge on any atom is 0.258 e. The van der Waals surface area contributed by atoms with Gasteiger partial charge in [-0.25, -0.2) is 14.4 Å². The summed E-state index contributed by atoms with van der Waals surface area (Å²) in [5.41, 5.74) is 1.68. The fourth-order valence-corrected chi connectivity index (χ4v) is 4.15. The van der Waals surface area contributed by atoms with Crippen LogP contribution in [0.3, 0.4) is 0 Å². The minimum absolute atomic E-state index is 0.0920. The molecule has 0 spiro atoms. The largest absolute Gasteiger partial charge is 0.332 e. The second kappa shape index (κ2) is 8.77. The number of carbonyl (C=O) groups excluding carboxylic acids is 1. The molecule has 1 amide bonds. The quantitative estimate of drug-likeness (QED) is 0.492. The maximum atomic E-state index is 13.5. The number of H-pyrrole nitrogens is 1. The Morgan fingerprint density at radius 1 is 1.16 bits per heavy atom. The van der Waals surface area contributed by atoms with Crippen LogP contribution in [-0.2, 0) is 17.8 Å². The molecule has 31 heavy (non-hydrogen) atoms. The van der Waals surface area contributed by atoms with Crippen molar-refractivity contribution in [3.8, 4) is 10.6 Å². The lowest BCUT2D eigenvalue weighted by molar-refractivity contribution is -0.133. The van der Waals surface area contributed by atoms with Gasteiger partial charge in [0, 0.05) is 17.0 Å². The zero-order chi connectivity index (χ0) is 22.0. The molecule has 2 aromatic carbocycles. The van der Waals surface area contributed by atoms with Crippen molar-refractivity contribution >= 4 is 28.1 Å². The van der Waals surface area contributed by atoms with Gasteiger partial charge in [0.25, 0.3) is 5.56 Å². The van der Waals surface area contributed by atoms with Crippen LogP contribution in [0.1, 0.15) is 25.4 Å². The SMILES string of the molecule is CC(C)N(Cc1nc2ccccc2c(=O)[nH]1)C(=O)Cc1csc(-c2cccc(F)c2)n1. The third kappa shape index (κ3) is 4.69. The molecule has 0 saturated carbocycles. The molecule has 8 heteroatoms. The number of thiazole rings is 1. The smallest absolute Gasteiger partial charge is 0.258 e. The summed E-state index contributed by atoms with van der Waals surface area (Å²) in [5, 5.41) is 2.99. The first-order chi connectivity index (χ1) is 14.9. The number of hydrogen-bond acceptors (Lipinski definition) is 5. The van der Waals surface area contributed by atoms with E-state index in [-0.39, 0.29) is 36.3 Å². The van der Waals surface area contributed by atoms with Gasteiger partial charge in [-0.15, -0.1) is 11.3 Å². The summed E-state index contributed by atoms with van der Waals surface area (Å²) in [5.74, 6) is -0.0143. The molecule has 0 aliphatic heterocycles. The fourth-order valence-electron chi connectivity index (χ4n) is 3.33. The van der Waals surface area contributed by atoms with E-state index in [1.54, 1.807) is 35.2 Å². The summed E-state index contributed by atoms with van der Waals surface area (Å²) >= 11 is 1.37. The molecule has 0 saturated heterocycles. The third-order valence-corrected chi connectivity index (χ3v) is 5.82. The topological polar surface area (TPSA) is 79.0 Å². The molecule has 0 aliphatic carbocycles. The average molecular weight is 437 g/mol. The molecule has 158 valence electrons. The zero-order valence-corrected chi connectivity index (χ0v) is 17.9. The van der Waals surface area contributed by atoms with E-state index in [1.165, 1.54) is 23.5 Å². The van der Waals surface area contributed by atoms with Gasteiger partial charge in [0.05, 0.1) is 29.6 Å². The number of carbonyl (C=O) groups is 1. The lowest BCUT2D eigenvalue weighted by Gasteiger charge is -2.26. The number of nitrogens with zero attached hydrogens (tertiary/aromatic N) is 3. The Balaban J connectivity index is 1.53. The number of halogens is 1. The van der Waals surface area contributed by atoms with E-state index in [4.69, 9.17) is 0 Å². The Labute approximate surface area is 182 Å². The monoisotopic (exact) mass is 436 g/mol. The molecule has 0 aliphatic rings. The first kappa shape index (κ1) is 20.9. The van der Waals surface area contributed by atoms with E-state index >= 15 is 0 Å². The molecule has 0 atom stereocenters. The molecule has 1 N–H and O–H groups in total. The first-order valence-corrected chi connectivity index (χ1v) is 10.8. The number of fused-ring (bicyclic) bond motifs is 1. The summed E-state index contributed by atoms with van der Waals surface area (Å²) in [6.45, 7) is 4.02. The van der Waals surface area contributed by atoms with Gasteiger partial charge in [-0.05, 0) is 38.1 Å². The number of para-hydroxylation sites is 1. The number of benzene rings is 2. The number of aromatic amines is 1. The number of nitrogens with one attached hydrogen (secondary N) is 1. The summed E-state index contributed by atoms with van der Waals surface area (Å²) < 4.78 is 13.5. The summed E-state index contributed by atoms with van der Waals surface area (Å²) in [7, 11) is 0. The molecule has 2 heterocycles. The lowest BCUT2D eigenvalue weighted by atomic mass is 10.2. The van der Waals surface area contributed by atoms with Crippen LogP contribution in [0.15, 0.2) is 58.7 Å². The van der Waals surface area contributed by atoms with Gasteiger partial charge in [-0.1, -0.05) is 24.3 Å². The normalized spacial score (nSPS) is 11.2. The molecule has 0 fully saturated rings. The molecule has 0 bridgehead atoms. The molecule has 4 aromatic rings. The standard InChI is InChI=1S/C23H21FN4O2S/c1-14(2)28(12-20-26-19-9-4-3-8-18(19)22(30)27-20)21(29)11-17-13-31-23(25-17)15-6-5-7-16(24)10-15/h3-10,13-14H,11-12H2,1-2H3,(H,26,27,30). The van der Waals surface area contributed by atoms with Crippen molar-refractivity contribution in [2.24, 2.45) is 0 Å². The minimum atomic E-state index is -0.326. The third-order valence-electron chi connectivity index (χ3n) is 4.88. The number of aromatic nitrogens is 3. The van der Waals surface area contributed by atoms with Crippen molar-refractivity contribution in [2.75, 3.05) is 0 Å².